The van der Waals surface area contributed by atoms with Crippen molar-refractivity contribution in [3.8, 4) is 0 Å². The average Bonchev–Trinajstić information content (AvgIpc) is 3.05. The van der Waals surface area contributed by atoms with Gasteiger partial charge in [0.1, 0.15) is 10.5 Å². The van der Waals surface area contributed by atoms with Crippen LogP contribution in [-0.2, 0) is 20.8 Å². The van der Waals surface area contributed by atoms with Crippen LogP contribution in [0.4, 0.5) is 0 Å². The SMILES string of the molecule is CCCC[C@H](CN(O)C=O)C(=O)N1CC2(CC2)C[C@H]1C(=O)Cc1nncs1. The van der Waals surface area contributed by atoms with Crippen LogP contribution in [0.25, 0.3) is 0 Å². The van der Waals surface area contributed by atoms with Gasteiger partial charge in [0.15, 0.2) is 5.78 Å². The number of carbonyl (C=O) groups is 3. The van der Waals surface area contributed by atoms with Gasteiger partial charge in [-0.1, -0.05) is 19.8 Å². The molecule has 2 amide bonds. The van der Waals surface area contributed by atoms with Crippen LogP contribution in [0, 0.1) is 11.3 Å². The first-order chi connectivity index (χ1) is 13.0. The molecule has 1 saturated heterocycles. The first-order valence-corrected chi connectivity index (χ1v) is 10.3. The lowest BCUT2D eigenvalue weighted by atomic mass is 9.98. The predicted octanol–water partition coefficient (Wildman–Crippen LogP) is 1.68. The summed E-state index contributed by atoms with van der Waals surface area (Å²) in [5, 5.41) is 18.5. The summed E-state index contributed by atoms with van der Waals surface area (Å²) in [5.74, 6) is -0.635. The summed E-state index contributed by atoms with van der Waals surface area (Å²) in [5.41, 5.74) is 1.68. The van der Waals surface area contributed by atoms with Crippen molar-refractivity contribution in [1.29, 1.82) is 0 Å². The Bertz CT molecular complexity index is 677. The number of hydrogen-bond donors (Lipinski definition) is 1. The minimum absolute atomic E-state index is 0.00522. The molecule has 27 heavy (non-hydrogen) atoms. The van der Waals surface area contributed by atoms with Crippen LogP contribution in [0.2, 0.25) is 0 Å². The number of carbonyl (C=O) groups excluding carboxylic acids is 3. The minimum Gasteiger partial charge on any atom is -0.332 e. The molecule has 2 fully saturated rings. The van der Waals surface area contributed by atoms with Crippen molar-refractivity contribution >= 4 is 29.4 Å². The van der Waals surface area contributed by atoms with Gasteiger partial charge in [-0.05, 0) is 31.1 Å². The molecule has 0 aromatic carbocycles. The third kappa shape index (κ3) is 4.70. The Kier molecular flexibility index (Phi) is 6.21. The molecular formula is C18H26N4O4S. The van der Waals surface area contributed by atoms with E-state index in [2.05, 4.69) is 10.2 Å². The van der Waals surface area contributed by atoms with Gasteiger partial charge < -0.3 is 4.90 Å². The minimum atomic E-state index is -0.495. The molecule has 0 unspecified atom stereocenters. The second-order valence-corrected chi connectivity index (χ2v) is 8.65. The van der Waals surface area contributed by atoms with Crippen LogP contribution in [0.3, 0.4) is 0 Å². The van der Waals surface area contributed by atoms with Crippen LogP contribution in [-0.4, -0.2) is 62.6 Å². The smallest absolute Gasteiger partial charge is 0.233 e. The standard InChI is InChI=1S/C18H26N4O4S/c1-2-3-4-13(9-21(26)12-23)17(25)22-10-18(5-6-18)8-14(22)15(24)7-16-20-19-11-27-16/h11-14,26H,2-10H2,1H3/t13-,14+/m1/s1. The highest BCUT2D eigenvalue weighted by Crippen LogP contribution is 2.55. The first-order valence-electron chi connectivity index (χ1n) is 9.47. The number of ketones is 1. The molecule has 1 aromatic rings. The van der Waals surface area contributed by atoms with E-state index in [-0.39, 0.29) is 30.1 Å². The van der Waals surface area contributed by atoms with Gasteiger partial charge in [0, 0.05) is 6.54 Å². The Hall–Kier alpha value is -1.87. The summed E-state index contributed by atoms with van der Waals surface area (Å²) in [6.07, 6.45) is 5.62. The number of likely N-dealkylation sites (tertiary alicyclic amines) is 1. The zero-order chi connectivity index (χ0) is 19.4. The Balaban J connectivity index is 1.74. The van der Waals surface area contributed by atoms with Gasteiger partial charge >= 0.3 is 0 Å². The van der Waals surface area contributed by atoms with Crippen molar-refractivity contribution in [2.24, 2.45) is 11.3 Å². The molecule has 9 heteroatoms. The van der Waals surface area contributed by atoms with Crippen LogP contribution < -0.4 is 0 Å². The quantitative estimate of drug-likeness (QED) is 0.368. The van der Waals surface area contributed by atoms with Gasteiger partial charge in [-0.2, -0.15) is 0 Å². The van der Waals surface area contributed by atoms with Crippen LogP contribution in [0.5, 0.6) is 0 Å². The average molecular weight is 394 g/mol. The zero-order valence-corrected chi connectivity index (χ0v) is 16.4. The second kappa shape index (κ2) is 8.43. The van der Waals surface area contributed by atoms with Crippen molar-refractivity contribution in [2.45, 2.75) is 57.9 Å². The molecule has 1 aliphatic carbocycles. The number of hydroxylamine groups is 2. The summed E-state index contributed by atoms with van der Waals surface area (Å²) in [6.45, 7) is 2.58. The second-order valence-electron chi connectivity index (χ2n) is 7.73. The van der Waals surface area contributed by atoms with E-state index < -0.39 is 12.0 Å². The van der Waals surface area contributed by atoms with Crippen molar-refractivity contribution in [3.63, 3.8) is 0 Å². The van der Waals surface area contributed by atoms with Gasteiger partial charge in [-0.25, -0.2) is 5.06 Å². The maximum atomic E-state index is 13.2. The third-order valence-corrected chi connectivity index (χ3v) is 6.33. The van der Waals surface area contributed by atoms with Gasteiger partial charge in [0.25, 0.3) is 0 Å². The first kappa shape index (κ1) is 19.9. The summed E-state index contributed by atoms with van der Waals surface area (Å²) in [6, 6.07) is -0.448. The number of aromatic nitrogens is 2. The Morgan fingerprint density at radius 2 is 2.30 bits per heavy atom. The van der Waals surface area contributed by atoms with E-state index in [0.717, 1.165) is 25.7 Å². The number of hydrogen-bond acceptors (Lipinski definition) is 7. The highest BCUT2D eigenvalue weighted by Gasteiger charge is 2.55. The fourth-order valence-corrected chi connectivity index (χ4v) is 4.44. The van der Waals surface area contributed by atoms with E-state index in [1.165, 1.54) is 11.3 Å². The highest BCUT2D eigenvalue weighted by atomic mass is 32.1. The van der Waals surface area contributed by atoms with Gasteiger partial charge in [-0.3, -0.25) is 19.6 Å². The topological polar surface area (TPSA) is 104 Å². The molecule has 2 heterocycles. The number of Topliss-reactive ketones (excluding diaryl/α,β-unsaturated/α-hetero) is 1. The van der Waals surface area contributed by atoms with Gasteiger partial charge in [0.2, 0.25) is 12.3 Å². The molecule has 8 nitrogen and oxygen atoms in total. The summed E-state index contributed by atoms with van der Waals surface area (Å²) in [4.78, 5) is 38.6. The predicted molar refractivity (Wildman–Crippen MR) is 98.0 cm³/mol. The molecule has 2 atom stereocenters. The number of amides is 2. The molecule has 1 aromatic heterocycles. The molecule has 1 N–H and O–H groups in total. The number of rotatable bonds is 10. The zero-order valence-electron chi connectivity index (χ0n) is 15.5. The summed E-state index contributed by atoms with van der Waals surface area (Å²) in [7, 11) is 0. The maximum Gasteiger partial charge on any atom is 0.233 e. The maximum absolute atomic E-state index is 13.2. The number of unbranched alkanes of at least 4 members (excludes halogenated alkanes) is 1. The molecule has 1 spiro atoms. The molecule has 3 rings (SSSR count). The Labute approximate surface area is 162 Å². The molecule has 148 valence electrons. The molecular weight excluding hydrogens is 368 g/mol. The van der Waals surface area contributed by atoms with Gasteiger partial charge in [0.05, 0.1) is 24.9 Å². The molecule has 0 radical (unpaired) electrons. The van der Waals surface area contributed by atoms with Crippen molar-refractivity contribution in [2.75, 3.05) is 13.1 Å². The lowest BCUT2D eigenvalue weighted by Crippen LogP contribution is -2.46. The molecule has 1 saturated carbocycles. The highest BCUT2D eigenvalue weighted by molar-refractivity contribution is 7.09. The van der Waals surface area contributed by atoms with Crippen molar-refractivity contribution in [3.05, 3.63) is 10.5 Å². The number of nitrogens with zero attached hydrogens (tertiary/aromatic N) is 4. The van der Waals surface area contributed by atoms with E-state index in [1.807, 2.05) is 6.92 Å². The van der Waals surface area contributed by atoms with E-state index in [4.69, 9.17) is 0 Å². The largest absolute Gasteiger partial charge is 0.332 e. The van der Waals surface area contributed by atoms with Crippen LogP contribution in [0.1, 0.15) is 50.5 Å². The van der Waals surface area contributed by atoms with Crippen molar-refractivity contribution in [1.82, 2.24) is 20.2 Å². The van der Waals surface area contributed by atoms with Gasteiger partial charge in [-0.15, -0.1) is 21.5 Å². The summed E-state index contributed by atoms with van der Waals surface area (Å²) >= 11 is 1.34. The monoisotopic (exact) mass is 394 g/mol. The Morgan fingerprint density at radius 3 is 2.89 bits per heavy atom. The van der Waals surface area contributed by atoms with E-state index in [0.29, 0.717) is 35.9 Å². The lowest BCUT2D eigenvalue weighted by molar-refractivity contribution is -0.158. The lowest BCUT2D eigenvalue weighted by Gasteiger charge is -2.29. The normalized spacial score (nSPS) is 21.3. The van der Waals surface area contributed by atoms with Crippen molar-refractivity contribution < 1.29 is 19.6 Å². The van der Waals surface area contributed by atoms with Crippen LogP contribution in [0.15, 0.2) is 5.51 Å². The fourth-order valence-electron chi connectivity index (χ4n) is 3.90. The summed E-state index contributed by atoms with van der Waals surface area (Å²) < 4.78 is 0. The van der Waals surface area contributed by atoms with E-state index in [1.54, 1.807) is 10.4 Å². The fraction of sp³-hybridized carbons (Fsp3) is 0.722. The molecule has 2 aliphatic rings. The molecule has 0 bridgehead atoms. The van der Waals surface area contributed by atoms with E-state index in [9.17, 15) is 19.6 Å². The molecule has 1 aliphatic heterocycles. The third-order valence-electron chi connectivity index (χ3n) is 5.64. The van der Waals surface area contributed by atoms with E-state index >= 15 is 0 Å². The van der Waals surface area contributed by atoms with Crippen LogP contribution >= 0.6 is 11.3 Å². The Morgan fingerprint density at radius 1 is 1.52 bits per heavy atom.